The molecule has 1 aliphatic rings. The van der Waals surface area contributed by atoms with Gasteiger partial charge < -0.3 is 10.2 Å². The van der Waals surface area contributed by atoms with Crippen LogP contribution in [0.25, 0.3) is 0 Å². The van der Waals surface area contributed by atoms with Crippen molar-refractivity contribution in [2.45, 2.75) is 13.1 Å². The molecule has 1 atom stereocenters. The molecule has 0 aromatic heterocycles. The monoisotopic (exact) mass is 148 g/mol. The van der Waals surface area contributed by atoms with Gasteiger partial charge in [0, 0.05) is 7.05 Å². The lowest BCUT2D eigenvalue weighted by atomic mass is 10.3. The maximum Gasteiger partial charge on any atom is 0.0959 e. The third-order valence-corrected chi connectivity index (χ3v) is 2.23. The predicted molar refractivity (Wildman–Crippen MR) is 47.9 cm³/mol. The minimum Gasteiger partial charge on any atom is -0.364 e. The predicted octanol–water partition coefficient (Wildman–Crippen LogP) is 1.89. The zero-order chi connectivity index (χ0) is 7.84. The van der Waals surface area contributed by atoms with E-state index in [1.165, 1.54) is 11.4 Å². The van der Waals surface area contributed by atoms with Crippen molar-refractivity contribution in [1.82, 2.24) is 0 Å². The van der Waals surface area contributed by atoms with Gasteiger partial charge in [0.25, 0.3) is 0 Å². The first-order valence-corrected chi connectivity index (χ1v) is 3.87. The lowest BCUT2D eigenvalue weighted by molar-refractivity contribution is 0.806. The number of rotatable bonds is 0. The highest BCUT2D eigenvalue weighted by atomic mass is 15.3. The number of fused-ring (bicyclic) bond motifs is 1. The first-order chi connectivity index (χ1) is 5.29. The molecule has 2 nitrogen and oxygen atoms in total. The number of para-hydroxylation sites is 2. The van der Waals surface area contributed by atoms with E-state index in [2.05, 4.69) is 48.5 Å². The van der Waals surface area contributed by atoms with Gasteiger partial charge >= 0.3 is 0 Å². The van der Waals surface area contributed by atoms with Crippen molar-refractivity contribution < 1.29 is 0 Å². The Bertz CT molecular complexity index is 270. The Kier molecular flexibility index (Phi) is 1.28. The number of hydrogen-bond acceptors (Lipinski definition) is 2. The maximum atomic E-state index is 3.37. The van der Waals surface area contributed by atoms with Crippen LogP contribution in [0.15, 0.2) is 24.3 Å². The third-order valence-electron chi connectivity index (χ3n) is 2.23. The number of nitrogens with zero attached hydrogens (tertiary/aromatic N) is 1. The van der Waals surface area contributed by atoms with Crippen LogP contribution < -0.4 is 10.2 Å². The van der Waals surface area contributed by atoms with Crippen LogP contribution in [0.3, 0.4) is 0 Å². The van der Waals surface area contributed by atoms with Crippen molar-refractivity contribution in [2.24, 2.45) is 0 Å². The van der Waals surface area contributed by atoms with E-state index in [0.29, 0.717) is 6.17 Å². The molecule has 1 N–H and O–H groups in total. The molecule has 2 rings (SSSR count). The summed E-state index contributed by atoms with van der Waals surface area (Å²) in [6, 6.07) is 8.36. The van der Waals surface area contributed by atoms with E-state index >= 15 is 0 Å². The fourth-order valence-electron chi connectivity index (χ4n) is 1.43. The Labute approximate surface area is 66.8 Å². The van der Waals surface area contributed by atoms with Gasteiger partial charge in [0.2, 0.25) is 0 Å². The third kappa shape index (κ3) is 0.862. The van der Waals surface area contributed by atoms with Gasteiger partial charge in [-0.1, -0.05) is 12.1 Å². The molecular weight excluding hydrogens is 136 g/mol. The Balaban J connectivity index is 2.47. The molecule has 0 saturated heterocycles. The van der Waals surface area contributed by atoms with Crippen molar-refractivity contribution in [1.29, 1.82) is 0 Å². The van der Waals surface area contributed by atoms with Crippen molar-refractivity contribution in [3.63, 3.8) is 0 Å². The van der Waals surface area contributed by atoms with Crippen LogP contribution in [0.1, 0.15) is 6.92 Å². The van der Waals surface area contributed by atoms with Crippen LogP contribution in [-0.2, 0) is 0 Å². The molecule has 11 heavy (non-hydrogen) atoms. The van der Waals surface area contributed by atoms with Crippen molar-refractivity contribution >= 4 is 11.4 Å². The fourth-order valence-corrected chi connectivity index (χ4v) is 1.43. The molecule has 1 aliphatic heterocycles. The number of benzene rings is 1. The minimum atomic E-state index is 0.424. The lowest BCUT2D eigenvalue weighted by Gasteiger charge is -2.16. The molecule has 0 aliphatic carbocycles. The molecule has 1 heterocycles. The first-order valence-electron chi connectivity index (χ1n) is 3.87. The molecule has 1 unspecified atom stereocenters. The van der Waals surface area contributed by atoms with Gasteiger partial charge in [0.05, 0.1) is 17.5 Å². The van der Waals surface area contributed by atoms with E-state index in [-0.39, 0.29) is 0 Å². The van der Waals surface area contributed by atoms with E-state index in [1.54, 1.807) is 0 Å². The lowest BCUT2D eigenvalue weighted by Crippen LogP contribution is -2.28. The standard InChI is InChI=1S/C9H12N2/c1-7-10-8-5-3-4-6-9(8)11(7)2/h3-7,10H,1-2H3. The SMILES string of the molecule is CC1Nc2ccccc2N1C. The number of anilines is 2. The minimum absolute atomic E-state index is 0.424. The Morgan fingerprint density at radius 3 is 2.82 bits per heavy atom. The van der Waals surface area contributed by atoms with E-state index < -0.39 is 0 Å². The normalized spacial score (nSPS) is 21.3. The van der Waals surface area contributed by atoms with Crippen molar-refractivity contribution in [3.05, 3.63) is 24.3 Å². The summed E-state index contributed by atoms with van der Waals surface area (Å²) in [5.74, 6) is 0. The second kappa shape index (κ2) is 2.16. The van der Waals surface area contributed by atoms with Crippen molar-refractivity contribution in [2.75, 3.05) is 17.3 Å². The van der Waals surface area contributed by atoms with Gasteiger partial charge in [-0.15, -0.1) is 0 Å². The molecular formula is C9H12N2. The average molecular weight is 148 g/mol. The molecule has 0 amide bonds. The molecule has 1 aromatic carbocycles. The van der Waals surface area contributed by atoms with Crippen LogP contribution in [0.5, 0.6) is 0 Å². The van der Waals surface area contributed by atoms with E-state index in [9.17, 15) is 0 Å². The Hall–Kier alpha value is -1.18. The zero-order valence-corrected chi connectivity index (χ0v) is 6.83. The van der Waals surface area contributed by atoms with Crippen LogP contribution in [0, 0.1) is 0 Å². The molecule has 0 fully saturated rings. The van der Waals surface area contributed by atoms with Crippen LogP contribution in [0.2, 0.25) is 0 Å². The summed E-state index contributed by atoms with van der Waals surface area (Å²) in [5, 5.41) is 3.37. The Morgan fingerprint density at radius 1 is 1.36 bits per heavy atom. The first kappa shape index (κ1) is 6.53. The van der Waals surface area contributed by atoms with E-state index in [0.717, 1.165) is 0 Å². The van der Waals surface area contributed by atoms with Crippen LogP contribution in [-0.4, -0.2) is 13.2 Å². The summed E-state index contributed by atoms with van der Waals surface area (Å²) in [4.78, 5) is 2.23. The van der Waals surface area contributed by atoms with Gasteiger partial charge in [-0.2, -0.15) is 0 Å². The average Bonchev–Trinajstić information content (AvgIpc) is 2.30. The topological polar surface area (TPSA) is 15.3 Å². The summed E-state index contributed by atoms with van der Waals surface area (Å²) in [5.41, 5.74) is 2.53. The summed E-state index contributed by atoms with van der Waals surface area (Å²) < 4.78 is 0. The van der Waals surface area contributed by atoms with Crippen LogP contribution >= 0.6 is 0 Å². The van der Waals surface area contributed by atoms with Gasteiger partial charge in [-0.05, 0) is 19.1 Å². The Morgan fingerprint density at radius 2 is 2.09 bits per heavy atom. The highest BCUT2D eigenvalue weighted by molar-refractivity contribution is 5.75. The molecule has 58 valence electrons. The maximum absolute atomic E-state index is 3.37. The van der Waals surface area contributed by atoms with Gasteiger partial charge in [0.1, 0.15) is 0 Å². The second-order valence-electron chi connectivity index (χ2n) is 2.95. The van der Waals surface area contributed by atoms with Crippen LogP contribution in [0.4, 0.5) is 11.4 Å². The summed E-state index contributed by atoms with van der Waals surface area (Å²) in [6.07, 6.45) is 0.424. The summed E-state index contributed by atoms with van der Waals surface area (Å²) >= 11 is 0. The van der Waals surface area contributed by atoms with Crippen molar-refractivity contribution in [3.8, 4) is 0 Å². The molecule has 2 heteroatoms. The second-order valence-corrected chi connectivity index (χ2v) is 2.95. The molecule has 0 radical (unpaired) electrons. The van der Waals surface area contributed by atoms with E-state index in [1.807, 2.05) is 0 Å². The summed E-state index contributed by atoms with van der Waals surface area (Å²) in [7, 11) is 2.10. The fraction of sp³-hybridized carbons (Fsp3) is 0.333. The number of hydrogen-bond donors (Lipinski definition) is 1. The van der Waals surface area contributed by atoms with Gasteiger partial charge in [-0.3, -0.25) is 0 Å². The molecule has 0 bridgehead atoms. The van der Waals surface area contributed by atoms with E-state index in [4.69, 9.17) is 0 Å². The molecule has 0 spiro atoms. The largest absolute Gasteiger partial charge is 0.364 e. The number of nitrogens with one attached hydrogen (secondary N) is 1. The highest BCUT2D eigenvalue weighted by Crippen LogP contribution is 2.32. The quantitative estimate of drug-likeness (QED) is 0.604. The molecule has 0 saturated carbocycles. The molecule has 1 aromatic rings. The summed E-state index contributed by atoms with van der Waals surface area (Å²) in [6.45, 7) is 2.15. The smallest absolute Gasteiger partial charge is 0.0959 e. The van der Waals surface area contributed by atoms with Gasteiger partial charge in [0.15, 0.2) is 0 Å². The zero-order valence-electron chi connectivity index (χ0n) is 6.83. The highest BCUT2D eigenvalue weighted by Gasteiger charge is 2.19. The van der Waals surface area contributed by atoms with Gasteiger partial charge in [-0.25, -0.2) is 0 Å².